The van der Waals surface area contributed by atoms with Crippen molar-refractivity contribution in [3.05, 3.63) is 112 Å². The number of halogens is 1. The summed E-state index contributed by atoms with van der Waals surface area (Å²) in [6.07, 6.45) is 3.68. The molecule has 0 aliphatic carbocycles. The maximum absolute atomic E-state index is 13.5. The molecule has 1 aliphatic heterocycles. The van der Waals surface area contributed by atoms with Gasteiger partial charge in [0.05, 0.1) is 23.7 Å². The second-order valence-corrected chi connectivity index (χ2v) is 8.41. The van der Waals surface area contributed by atoms with Gasteiger partial charge in [0.2, 0.25) is 0 Å². The van der Waals surface area contributed by atoms with E-state index in [2.05, 4.69) is 14.9 Å². The molecule has 6 nitrogen and oxygen atoms in total. The lowest BCUT2D eigenvalue weighted by Crippen LogP contribution is -2.30. The Balaban J connectivity index is 1.38. The monoisotopic (exact) mass is 456 g/mol. The van der Waals surface area contributed by atoms with Gasteiger partial charge in [-0.15, -0.1) is 0 Å². The van der Waals surface area contributed by atoms with Crippen molar-refractivity contribution >= 4 is 34.8 Å². The fourth-order valence-electron chi connectivity index (χ4n) is 3.99. The van der Waals surface area contributed by atoms with Crippen LogP contribution in [0.5, 0.6) is 0 Å². The zero-order valence-corrected chi connectivity index (χ0v) is 18.7. The van der Waals surface area contributed by atoms with Crippen LogP contribution in [-0.2, 0) is 13.1 Å². The maximum atomic E-state index is 13.5. The van der Waals surface area contributed by atoms with Crippen LogP contribution in [0, 0.1) is 6.92 Å². The smallest absolute Gasteiger partial charge is 0.258 e. The molecule has 1 N–H and O–H groups in total. The third kappa shape index (κ3) is 4.13. The number of carbonyl (C=O) groups is 2. The van der Waals surface area contributed by atoms with E-state index in [4.69, 9.17) is 11.6 Å². The van der Waals surface area contributed by atoms with Crippen LogP contribution in [0.4, 0.5) is 11.4 Å². The zero-order valence-electron chi connectivity index (χ0n) is 18.0. The minimum Gasteiger partial charge on any atom is -0.329 e. The third-order valence-electron chi connectivity index (χ3n) is 5.73. The van der Waals surface area contributed by atoms with Gasteiger partial charge in [-0.3, -0.25) is 9.59 Å². The summed E-state index contributed by atoms with van der Waals surface area (Å²) >= 11 is 6.21. The Bertz CT molecular complexity index is 1360. The van der Waals surface area contributed by atoms with Crippen molar-refractivity contribution in [1.29, 1.82) is 0 Å². The molecule has 3 aromatic carbocycles. The van der Waals surface area contributed by atoms with Gasteiger partial charge in [0.15, 0.2) is 0 Å². The molecule has 0 fully saturated rings. The standard InChI is InChI=1S/C26H21ClN4O2/c1-17-6-11-21(22(27)14-17)25(32)29-20-9-7-18(8-10-20)26(33)31-16-24-28-12-13-30(24)15-19-4-2-3-5-23(19)31/h2-14H,15-16H2,1H3,(H,29,32). The van der Waals surface area contributed by atoms with Gasteiger partial charge in [-0.05, 0) is 60.5 Å². The van der Waals surface area contributed by atoms with Gasteiger partial charge in [-0.2, -0.15) is 0 Å². The number of anilines is 2. The molecule has 2 amide bonds. The number of hydrogen-bond donors (Lipinski definition) is 1. The average Bonchev–Trinajstić information content (AvgIpc) is 3.18. The summed E-state index contributed by atoms with van der Waals surface area (Å²) in [4.78, 5) is 32.2. The lowest BCUT2D eigenvalue weighted by molar-refractivity contribution is 0.0983. The van der Waals surface area contributed by atoms with Gasteiger partial charge in [0.1, 0.15) is 5.82 Å². The van der Waals surface area contributed by atoms with Crippen molar-refractivity contribution in [1.82, 2.24) is 9.55 Å². The van der Waals surface area contributed by atoms with Gasteiger partial charge in [0, 0.05) is 29.3 Å². The van der Waals surface area contributed by atoms with Gasteiger partial charge in [0.25, 0.3) is 11.8 Å². The molecule has 0 radical (unpaired) electrons. The first kappa shape index (κ1) is 21.0. The predicted octanol–water partition coefficient (Wildman–Crippen LogP) is 5.31. The van der Waals surface area contributed by atoms with E-state index in [0.717, 1.165) is 22.6 Å². The highest BCUT2D eigenvalue weighted by Gasteiger charge is 2.25. The van der Waals surface area contributed by atoms with E-state index in [0.29, 0.717) is 34.9 Å². The molecule has 0 spiro atoms. The summed E-state index contributed by atoms with van der Waals surface area (Å²) in [5, 5.41) is 3.24. The summed E-state index contributed by atoms with van der Waals surface area (Å²) in [5.74, 6) is 0.407. The molecule has 0 unspecified atom stereocenters. The number of carbonyl (C=O) groups excluding carboxylic acids is 2. The summed E-state index contributed by atoms with van der Waals surface area (Å²) in [7, 11) is 0. The number of amides is 2. The first-order valence-corrected chi connectivity index (χ1v) is 10.9. The fraction of sp³-hybridized carbons (Fsp3) is 0.115. The van der Waals surface area contributed by atoms with Gasteiger partial charge >= 0.3 is 0 Å². The summed E-state index contributed by atoms with van der Waals surface area (Å²) in [5.41, 5.74) is 4.42. The molecule has 4 aromatic rings. The minimum atomic E-state index is -0.299. The largest absolute Gasteiger partial charge is 0.329 e. The van der Waals surface area contributed by atoms with Crippen LogP contribution < -0.4 is 10.2 Å². The van der Waals surface area contributed by atoms with E-state index in [9.17, 15) is 9.59 Å². The zero-order chi connectivity index (χ0) is 22.9. The van der Waals surface area contributed by atoms with Crippen LogP contribution in [0.3, 0.4) is 0 Å². The number of rotatable bonds is 3. The number of nitrogens with zero attached hydrogens (tertiary/aromatic N) is 3. The normalized spacial score (nSPS) is 12.5. The molecule has 1 aliphatic rings. The molecule has 0 bridgehead atoms. The number of aromatic nitrogens is 2. The number of benzene rings is 3. The number of fused-ring (bicyclic) bond motifs is 2. The van der Waals surface area contributed by atoms with Crippen LogP contribution in [0.25, 0.3) is 0 Å². The van der Waals surface area contributed by atoms with Gasteiger partial charge < -0.3 is 14.8 Å². The van der Waals surface area contributed by atoms with Crippen molar-refractivity contribution in [3.8, 4) is 0 Å². The third-order valence-corrected chi connectivity index (χ3v) is 6.04. The fourth-order valence-corrected chi connectivity index (χ4v) is 4.31. The Morgan fingerprint density at radius 2 is 1.79 bits per heavy atom. The molecule has 7 heteroatoms. The molecule has 5 rings (SSSR count). The van der Waals surface area contributed by atoms with Crippen LogP contribution in [0.15, 0.2) is 79.1 Å². The van der Waals surface area contributed by atoms with E-state index in [-0.39, 0.29) is 11.8 Å². The van der Waals surface area contributed by atoms with Gasteiger partial charge in [-0.1, -0.05) is 35.9 Å². The Morgan fingerprint density at radius 3 is 2.58 bits per heavy atom. The SMILES string of the molecule is Cc1ccc(C(=O)Nc2ccc(C(=O)N3Cc4nccn4Cc4ccccc43)cc2)c(Cl)c1. The first-order valence-electron chi connectivity index (χ1n) is 10.6. The van der Waals surface area contributed by atoms with Crippen molar-refractivity contribution in [2.75, 3.05) is 10.2 Å². The van der Waals surface area contributed by atoms with Crippen molar-refractivity contribution in [2.45, 2.75) is 20.0 Å². The van der Waals surface area contributed by atoms with Crippen LogP contribution in [0.1, 0.15) is 37.7 Å². The van der Waals surface area contributed by atoms with E-state index in [1.165, 1.54) is 0 Å². The molecular formula is C26H21ClN4O2. The summed E-state index contributed by atoms with van der Waals surface area (Å²) in [6, 6.07) is 20.1. The summed E-state index contributed by atoms with van der Waals surface area (Å²) in [6.45, 7) is 2.97. The molecule has 0 saturated carbocycles. The average molecular weight is 457 g/mol. The molecule has 0 saturated heterocycles. The number of aryl methyl sites for hydroxylation is 1. The van der Waals surface area contributed by atoms with E-state index >= 15 is 0 Å². The van der Waals surface area contributed by atoms with Crippen LogP contribution in [0.2, 0.25) is 5.02 Å². The van der Waals surface area contributed by atoms with Crippen molar-refractivity contribution < 1.29 is 9.59 Å². The highest BCUT2D eigenvalue weighted by molar-refractivity contribution is 6.34. The Labute approximate surface area is 196 Å². The lowest BCUT2D eigenvalue weighted by atomic mass is 10.1. The van der Waals surface area contributed by atoms with E-state index in [1.54, 1.807) is 47.5 Å². The molecular weight excluding hydrogens is 436 g/mol. The summed E-state index contributed by atoms with van der Waals surface area (Å²) < 4.78 is 2.06. The highest BCUT2D eigenvalue weighted by atomic mass is 35.5. The Hall–Kier alpha value is -3.90. The predicted molar refractivity (Wildman–Crippen MR) is 129 cm³/mol. The molecule has 2 heterocycles. The molecule has 0 atom stereocenters. The minimum absolute atomic E-state index is 0.127. The lowest BCUT2D eigenvalue weighted by Gasteiger charge is -2.22. The Morgan fingerprint density at radius 1 is 1.00 bits per heavy atom. The van der Waals surface area contributed by atoms with Crippen LogP contribution >= 0.6 is 11.6 Å². The molecule has 1 aromatic heterocycles. The first-order chi connectivity index (χ1) is 16.0. The topological polar surface area (TPSA) is 67.2 Å². The Kier molecular flexibility index (Phi) is 5.44. The number of para-hydroxylation sites is 1. The molecule has 164 valence electrons. The number of imidazole rings is 1. The maximum Gasteiger partial charge on any atom is 0.258 e. The quantitative estimate of drug-likeness (QED) is 0.454. The van der Waals surface area contributed by atoms with E-state index in [1.807, 2.05) is 43.5 Å². The second kappa shape index (κ2) is 8.56. The van der Waals surface area contributed by atoms with Crippen molar-refractivity contribution in [3.63, 3.8) is 0 Å². The van der Waals surface area contributed by atoms with Crippen molar-refractivity contribution in [2.24, 2.45) is 0 Å². The highest BCUT2D eigenvalue weighted by Crippen LogP contribution is 2.28. The van der Waals surface area contributed by atoms with Crippen LogP contribution in [-0.4, -0.2) is 21.4 Å². The number of nitrogens with one attached hydrogen (secondary N) is 1. The van der Waals surface area contributed by atoms with E-state index < -0.39 is 0 Å². The molecule has 33 heavy (non-hydrogen) atoms. The number of hydrogen-bond acceptors (Lipinski definition) is 3. The van der Waals surface area contributed by atoms with Gasteiger partial charge in [-0.25, -0.2) is 4.98 Å². The second-order valence-electron chi connectivity index (χ2n) is 8.01.